The fourth-order valence-electron chi connectivity index (χ4n) is 1.73. The molecule has 2 atom stereocenters. The zero-order chi connectivity index (χ0) is 13.2. The second-order valence-electron chi connectivity index (χ2n) is 4.32. The molecule has 1 fully saturated rings. The molecule has 0 saturated carbocycles. The Bertz CT molecular complexity index is 494. The molecule has 18 heavy (non-hydrogen) atoms. The molecule has 1 aromatic carbocycles. The maximum absolute atomic E-state index is 11.8. The lowest BCUT2D eigenvalue weighted by molar-refractivity contribution is 0.0126. The van der Waals surface area contributed by atoms with Gasteiger partial charge in [-0.25, -0.2) is 0 Å². The third-order valence-corrected chi connectivity index (χ3v) is 4.17. The zero-order valence-corrected chi connectivity index (χ0v) is 10.9. The van der Waals surface area contributed by atoms with Gasteiger partial charge in [0, 0.05) is 6.61 Å². The summed E-state index contributed by atoms with van der Waals surface area (Å²) in [4.78, 5) is 0.112. The molecule has 2 rings (SSSR count). The molecule has 0 unspecified atom stereocenters. The second-order valence-corrected chi connectivity index (χ2v) is 5.93. The molecular formula is C12H16O5S. The lowest BCUT2D eigenvalue weighted by atomic mass is 10.2. The van der Waals surface area contributed by atoms with Crippen LogP contribution in [0.3, 0.4) is 0 Å². The van der Waals surface area contributed by atoms with Crippen molar-refractivity contribution in [2.45, 2.75) is 30.4 Å². The number of ether oxygens (including phenoxy) is 1. The SMILES string of the molecule is Cc1ccc(S(=O)(=O)OC[C@H]2OCC[C@@H]2O)cc1. The van der Waals surface area contributed by atoms with Crippen molar-refractivity contribution in [3.05, 3.63) is 29.8 Å². The average molecular weight is 272 g/mol. The molecule has 5 nitrogen and oxygen atoms in total. The minimum absolute atomic E-state index is 0.112. The van der Waals surface area contributed by atoms with E-state index in [1.165, 1.54) is 12.1 Å². The van der Waals surface area contributed by atoms with Crippen LogP contribution in [0, 0.1) is 6.92 Å². The number of hydrogen-bond acceptors (Lipinski definition) is 5. The van der Waals surface area contributed by atoms with Gasteiger partial charge in [-0.1, -0.05) is 17.7 Å². The first-order valence-corrected chi connectivity index (χ1v) is 7.15. The molecule has 0 spiro atoms. The Morgan fingerprint density at radius 3 is 2.61 bits per heavy atom. The van der Waals surface area contributed by atoms with Crippen molar-refractivity contribution < 1.29 is 22.4 Å². The maximum atomic E-state index is 11.8. The first kappa shape index (κ1) is 13.5. The molecule has 1 saturated heterocycles. The smallest absolute Gasteiger partial charge is 0.297 e. The standard InChI is InChI=1S/C12H16O5S/c1-9-2-4-10(5-3-9)18(14,15)17-8-12-11(13)6-7-16-12/h2-5,11-13H,6-8H2,1H3/t11-,12+/m0/s1. The van der Waals surface area contributed by atoms with Crippen LogP contribution in [0.5, 0.6) is 0 Å². The summed E-state index contributed by atoms with van der Waals surface area (Å²) in [7, 11) is -3.78. The van der Waals surface area contributed by atoms with Crippen LogP contribution in [-0.2, 0) is 19.0 Å². The monoisotopic (exact) mass is 272 g/mol. The van der Waals surface area contributed by atoms with Gasteiger partial charge in [0.05, 0.1) is 17.6 Å². The van der Waals surface area contributed by atoms with Crippen LogP contribution in [0.1, 0.15) is 12.0 Å². The van der Waals surface area contributed by atoms with E-state index in [2.05, 4.69) is 0 Å². The summed E-state index contributed by atoms with van der Waals surface area (Å²) in [5.41, 5.74) is 0.975. The largest absolute Gasteiger partial charge is 0.390 e. The van der Waals surface area contributed by atoms with Gasteiger partial charge in [0.2, 0.25) is 0 Å². The van der Waals surface area contributed by atoms with Crippen molar-refractivity contribution in [3.8, 4) is 0 Å². The van der Waals surface area contributed by atoms with Crippen LogP contribution >= 0.6 is 0 Å². The minimum atomic E-state index is -3.78. The van der Waals surface area contributed by atoms with E-state index in [4.69, 9.17) is 8.92 Å². The van der Waals surface area contributed by atoms with E-state index in [9.17, 15) is 13.5 Å². The Kier molecular flexibility index (Phi) is 4.01. The fourth-order valence-corrected chi connectivity index (χ4v) is 2.64. The van der Waals surface area contributed by atoms with Gasteiger partial charge in [0.1, 0.15) is 6.10 Å². The number of rotatable bonds is 4. The summed E-state index contributed by atoms with van der Waals surface area (Å²) in [5.74, 6) is 0. The maximum Gasteiger partial charge on any atom is 0.297 e. The molecule has 0 bridgehead atoms. The normalized spacial score (nSPS) is 24.3. The van der Waals surface area contributed by atoms with Crippen LogP contribution < -0.4 is 0 Å². The summed E-state index contributed by atoms with van der Waals surface area (Å²) >= 11 is 0. The Morgan fingerprint density at radius 2 is 2.06 bits per heavy atom. The van der Waals surface area contributed by atoms with E-state index in [-0.39, 0.29) is 11.5 Å². The van der Waals surface area contributed by atoms with Crippen molar-refractivity contribution in [2.24, 2.45) is 0 Å². The van der Waals surface area contributed by atoms with E-state index in [0.717, 1.165) is 5.56 Å². The van der Waals surface area contributed by atoms with Crippen molar-refractivity contribution in [1.29, 1.82) is 0 Å². The van der Waals surface area contributed by atoms with Crippen molar-refractivity contribution in [1.82, 2.24) is 0 Å². The van der Waals surface area contributed by atoms with E-state index in [1.807, 2.05) is 6.92 Å². The fraction of sp³-hybridized carbons (Fsp3) is 0.500. The molecule has 0 aliphatic carbocycles. The van der Waals surface area contributed by atoms with Gasteiger partial charge < -0.3 is 9.84 Å². The third kappa shape index (κ3) is 3.08. The van der Waals surface area contributed by atoms with Gasteiger partial charge in [-0.05, 0) is 25.5 Å². The van der Waals surface area contributed by atoms with Gasteiger partial charge in [-0.2, -0.15) is 8.42 Å². The van der Waals surface area contributed by atoms with Crippen molar-refractivity contribution in [3.63, 3.8) is 0 Å². The summed E-state index contributed by atoms with van der Waals surface area (Å²) in [6, 6.07) is 6.40. The molecule has 0 radical (unpaired) electrons. The molecule has 1 aliphatic heterocycles. The Labute approximate surface area is 106 Å². The van der Waals surface area contributed by atoms with Crippen molar-refractivity contribution >= 4 is 10.1 Å². The molecule has 1 heterocycles. The number of benzene rings is 1. The number of aliphatic hydroxyl groups excluding tert-OH is 1. The number of hydrogen-bond donors (Lipinski definition) is 1. The molecule has 100 valence electrons. The molecular weight excluding hydrogens is 256 g/mol. The Balaban J connectivity index is 2.01. The molecule has 6 heteroatoms. The predicted molar refractivity (Wildman–Crippen MR) is 64.7 cm³/mol. The quantitative estimate of drug-likeness (QED) is 0.823. The second kappa shape index (κ2) is 5.36. The van der Waals surface area contributed by atoms with Crippen LogP contribution in [0.2, 0.25) is 0 Å². The van der Waals surface area contributed by atoms with Crippen LogP contribution in [-0.4, -0.2) is 38.9 Å². The van der Waals surface area contributed by atoms with Crippen LogP contribution in [0.4, 0.5) is 0 Å². The zero-order valence-electron chi connectivity index (χ0n) is 10.1. The van der Waals surface area contributed by atoms with E-state index in [0.29, 0.717) is 13.0 Å². The topological polar surface area (TPSA) is 72.8 Å². The lowest BCUT2D eigenvalue weighted by Gasteiger charge is -2.13. The average Bonchev–Trinajstić information content (AvgIpc) is 2.73. The highest BCUT2D eigenvalue weighted by Crippen LogP contribution is 2.17. The van der Waals surface area contributed by atoms with E-state index in [1.54, 1.807) is 12.1 Å². The summed E-state index contributed by atoms with van der Waals surface area (Å²) < 4.78 is 33.8. The molecule has 0 amide bonds. The highest BCUT2D eigenvalue weighted by atomic mass is 32.2. The van der Waals surface area contributed by atoms with Gasteiger partial charge in [-0.15, -0.1) is 0 Å². The lowest BCUT2D eigenvalue weighted by Crippen LogP contribution is -2.27. The van der Waals surface area contributed by atoms with Crippen molar-refractivity contribution in [2.75, 3.05) is 13.2 Å². The molecule has 1 aromatic rings. The summed E-state index contributed by atoms with van der Waals surface area (Å²) in [5, 5.41) is 9.49. The van der Waals surface area contributed by atoms with Gasteiger partial charge in [-0.3, -0.25) is 4.18 Å². The highest BCUT2D eigenvalue weighted by molar-refractivity contribution is 7.86. The Morgan fingerprint density at radius 1 is 1.39 bits per heavy atom. The highest BCUT2D eigenvalue weighted by Gasteiger charge is 2.28. The molecule has 1 aliphatic rings. The Hall–Kier alpha value is -0.950. The summed E-state index contributed by atoms with van der Waals surface area (Å²) in [6.45, 7) is 2.15. The van der Waals surface area contributed by atoms with Crippen LogP contribution in [0.25, 0.3) is 0 Å². The minimum Gasteiger partial charge on any atom is -0.390 e. The molecule has 0 aromatic heterocycles. The first-order valence-electron chi connectivity index (χ1n) is 5.75. The molecule has 1 N–H and O–H groups in total. The number of aliphatic hydroxyl groups is 1. The predicted octanol–water partition coefficient (Wildman–Crippen LogP) is 0.850. The summed E-state index contributed by atoms with van der Waals surface area (Å²) in [6.07, 6.45) is -0.707. The first-order chi connectivity index (χ1) is 8.49. The van der Waals surface area contributed by atoms with Gasteiger partial charge in [0.15, 0.2) is 0 Å². The number of aryl methyl sites for hydroxylation is 1. The third-order valence-electron chi connectivity index (χ3n) is 2.87. The van der Waals surface area contributed by atoms with Crippen LogP contribution in [0.15, 0.2) is 29.2 Å². The van der Waals surface area contributed by atoms with E-state index >= 15 is 0 Å². The van der Waals surface area contributed by atoms with E-state index < -0.39 is 22.3 Å². The van der Waals surface area contributed by atoms with Gasteiger partial charge >= 0.3 is 0 Å². The van der Waals surface area contributed by atoms with Gasteiger partial charge in [0.25, 0.3) is 10.1 Å².